The minimum absolute atomic E-state index is 0.0683. The van der Waals surface area contributed by atoms with Gasteiger partial charge in [0.1, 0.15) is 5.76 Å². The van der Waals surface area contributed by atoms with Crippen molar-refractivity contribution in [2.24, 2.45) is 0 Å². The lowest BCUT2D eigenvalue weighted by atomic mass is 10.2. The molecule has 2 aromatic heterocycles. The van der Waals surface area contributed by atoms with Crippen LogP contribution in [0.2, 0.25) is 0 Å². The van der Waals surface area contributed by atoms with Crippen LogP contribution in [0.25, 0.3) is 10.9 Å². The summed E-state index contributed by atoms with van der Waals surface area (Å²) in [6.45, 7) is 0.717. The third-order valence-electron chi connectivity index (χ3n) is 4.66. The van der Waals surface area contributed by atoms with Crippen molar-refractivity contribution in [2.45, 2.75) is 38.8 Å². The van der Waals surface area contributed by atoms with Crippen LogP contribution < -0.4 is 16.2 Å². The Bertz CT molecular complexity index is 1120. The number of hydrogen-bond donors (Lipinski definition) is 3. The maximum Gasteiger partial charge on any atom is 0.262 e. The van der Waals surface area contributed by atoms with Crippen LogP contribution in [0, 0.1) is 4.77 Å². The van der Waals surface area contributed by atoms with E-state index in [-0.39, 0.29) is 30.5 Å². The number of nitrogens with zero attached hydrogens (tertiary/aromatic N) is 1. The van der Waals surface area contributed by atoms with E-state index in [1.807, 2.05) is 18.2 Å². The number of fused-ring (bicyclic) bond motifs is 1. The molecule has 0 fully saturated rings. The molecule has 3 N–H and O–H groups in total. The zero-order chi connectivity index (χ0) is 21.3. The van der Waals surface area contributed by atoms with Crippen molar-refractivity contribution in [1.82, 2.24) is 20.2 Å². The van der Waals surface area contributed by atoms with Crippen molar-refractivity contribution in [3.05, 3.63) is 63.5 Å². The van der Waals surface area contributed by atoms with Crippen LogP contribution in [0.4, 0.5) is 0 Å². The average Bonchev–Trinajstić information content (AvgIpc) is 3.26. The monoisotopic (exact) mass is 428 g/mol. The number of carbonyl (C=O) groups excluding carboxylic acids is 2. The standard InChI is InChI=1S/C21H24N4O4S/c26-18(23-14-19(27)22-13-15-7-6-12-29-15)10-2-1-5-11-25-20(28)16-8-3-4-9-17(16)24-21(25)30/h3-4,6-9,12H,1-2,5,10-11,13-14H2,(H,22,27)(H,23,26)(H,24,30). The summed E-state index contributed by atoms with van der Waals surface area (Å²) < 4.78 is 7.08. The first-order valence-electron chi connectivity index (χ1n) is 9.82. The number of aromatic nitrogens is 2. The Labute approximate surface area is 178 Å². The summed E-state index contributed by atoms with van der Waals surface area (Å²) in [6.07, 6.45) is 4.02. The van der Waals surface area contributed by atoms with Gasteiger partial charge in [-0.3, -0.25) is 19.0 Å². The predicted molar refractivity (Wildman–Crippen MR) is 115 cm³/mol. The molecule has 0 aliphatic rings. The maximum atomic E-state index is 12.6. The second-order valence-electron chi connectivity index (χ2n) is 6.88. The van der Waals surface area contributed by atoms with Gasteiger partial charge in [0.25, 0.3) is 5.56 Å². The first kappa shape index (κ1) is 21.5. The van der Waals surface area contributed by atoms with Gasteiger partial charge < -0.3 is 20.0 Å². The summed E-state index contributed by atoms with van der Waals surface area (Å²) in [5.74, 6) is 0.202. The maximum absolute atomic E-state index is 12.6. The lowest BCUT2D eigenvalue weighted by molar-refractivity contribution is -0.126. The fourth-order valence-corrected chi connectivity index (χ4v) is 3.35. The van der Waals surface area contributed by atoms with Gasteiger partial charge in [-0.25, -0.2) is 0 Å². The van der Waals surface area contributed by atoms with Crippen molar-refractivity contribution in [1.29, 1.82) is 0 Å². The van der Waals surface area contributed by atoms with E-state index in [1.165, 1.54) is 6.26 Å². The number of unbranched alkanes of at least 4 members (excludes halogenated alkanes) is 2. The number of carbonyl (C=O) groups is 2. The van der Waals surface area contributed by atoms with Gasteiger partial charge >= 0.3 is 0 Å². The van der Waals surface area contributed by atoms with E-state index in [2.05, 4.69) is 15.6 Å². The van der Waals surface area contributed by atoms with Crippen LogP contribution >= 0.6 is 12.2 Å². The van der Waals surface area contributed by atoms with Gasteiger partial charge in [-0.1, -0.05) is 18.6 Å². The highest BCUT2D eigenvalue weighted by molar-refractivity contribution is 7.71. The number of furan rings is 1. The lowest BCUT2D eigenvalue weighted by Gasteiger charge is -2.08. The van der Waals surface area contributed by atoms with E-state index in [9.17, 15) is 14.4 Å². The van der Waals surface area contributed by atoms with E-state index in [1.54, 1.807) is 22.8 Å². The summed E-state index contributed by atoms with van der Waals surface area (Å²) in [5.41, 5.74) is 0.626. The van der Waals surface area contributed by atoms with Crippen molar-refractivity contribution in [3.8, 4) is 0 Å². The number of rotatable bonds is 10. The number of hydrogen-bond acceptors (Lipinski definition) is 5. The predicted octanol–water partition coefficient (Wildman–Crippen LogP) is 2.65. The van der Waals surface area contributed by atoms with Crippen molar-refractivity contribution in [2.75, 3.05) is 6.54 Å². The molecule has 3 aromatic rings. The highest BCUT2D eigenvalue weighted by atomic mass is 32.1. The van der Waals surface area contributed by atoms with Crippen LogP contribution in [0.5, 0.6) is 0 Å². The smallest absolute Gasteiger partial charge is 0.262 e. The summed E-state index contributed by atoms with van der Waals surface area (Å²) in [7, 11) is 0. The summed E-state index contributed by atoms with van der Waals surface area (Å²) >= 11 is 5.29. The Balaban J connectivity index is 1.35. The molecule has 0 radical (unpaired) electrons. The molecule has 0 unspecified atom stereocenters. The van der Waals surface area contributed by atoms with Gasteiger partial charge in [0.05, 0.1) is 30.3 Å². The molecule has 0 saturated carbocycles. The molecule has 0 spiro atoms. The Hall–Kier alpha value is -3.20. The minimum Gasteiger partial charge on any atom is -0.467 e. The molecule has 2 heterocycles. The van der Waals surface area contributed by atoms with Gasteiger partial charge in [0, 0.05) is 13.0 Å². The van der Waals surface area contributed by atoms with Gasteiger partial charge in [0.2, 0.25) is 11.8 Å². The minimum atomic E-state index is -0.273. The normalized spacial score (nSPS) is 10.8. The molecule has 158 valence electrons. The molecular formula is C21H24N4O4S. The molecule has 0 atom stereocenters. The number of aromatic amines is 1. The molecule has 0 aliphatic carbocycles. The fraction of sp³-hybridized carbons (Fsp3) is 0.333. The number of H-pyrrole nitrogens is 1. The van der Waals surface area contributed by atoms with Crippen LogP contribution in [0.1, 0.15) is 31.4 Å². The number of amides is 2. The van der Waals surface area contributed by atoms with Crippen LogP contribution in [-0.2, 0) is 22.7 Å². The molecule has 9 heteroatoms. The molecule has 0 aliphatic heterocycles. The summed E-state index contributed by atoms with van der Waals surface area (Å²) in [5, 5.41) is 5.87. The number of nitrogens with one attached hydrogen (secondary N) is 3. The molecule has 30 heavy (non-hydrogen) atoms. The number of para-hydroxylation sites is 1. The molecule has 8 nitrogen and oxygen atoms in total. The number of benzene rings is 1. The second kappa shape index (κ2) is 10.5. The van der Waals surface area contributed by atoms with Gasteiger partial charge in [-0.2, -0.15) is 0 Å². The average molecular weight is 429 g/mol. The molecule has 2 amide bonds. The molecule has 1 aromatic carbocycles. The lowest BCUT2D eigenvalue weighted by Crippen LogP contribution is -2.36. The zero-order valence-electron chi connectivity index (χ0n) is 16.5. The van der Waals surface area contributed by atoms with Crippen LogP contribution in [-0.4, -0.2) is 27.9 Å². The van der Waals surface area contributed by atoms with E-state index >= 15 is 0 Å². The highest BCUT2D eigenvalue weighted by Gasteiger charge is 2.07. The van der Waals surface area contributed by atoms with E-state index in [0.29, 0.717) is 35.3 Å². The van der Waals surface area contributed by atoms with Crippen LogP contribution in [0.15, 0.2) is 51.9 Å². The van der Waals surface area contributed by atoms with E-state index in [4.69, 9.17) is 16.6 Å². The van der Waals surface area contributed by atoms with Crippen molar-refractivity contribution < 1.29 is 14.0 Å². The van der Waals surface area contributed by atoms with Gasteiger partial charge in [-0.15, -0.1) is 0 Å². The zero-order valence-corrected chi connectivity index (χ0v) is 17.3. The van der Waals surface area contributed by atoms with Gasteiger partial charge in [-0.05, 0) is 49.3 Å². The van der Waals surface area contributed by atoms with Gasteiger partial charge in [0.15, 0.2) is 4.77 Å². The Morgan fingerprint density at radius 1 is 1.03 bits per heavy atom. The van der Waals surface area contributed by atoms with Crippen molar-refractivity contribution in [3.63, 3.8) is 0 Å². The first-order chi connectivity index (χ1) is 14.5. The quantitative estimate of drug-likeness (QED) is 0.340. The first-order valence-corrected chi connectivity index (χ1v) is 10.2. The fourth-order valence-electron chi connectivity index (χ4n) is 3.06. The largest absolute Gasteiger partial charge is 0.467 e. The van der Waals surface area contributed by atoms with Crippen LogP contribution in [0.3, 0.4) is 0 Å². The highest BCUT2D eigenvalue weighted by Crippen LogP contribution is 2.07. The Morgan fingerprint density at radius 2 is 1.87 bits per heavy atom. The molecule has 0 bridgehead atoms. The third kappa shape index (κ3) is 5.90. The third-order valence-corrected chi connectivity index (χ3v) is 4.98. The summed E-state index contributed by atoms with van der Waals surface area (Å²) in [6, 6.07) is 10.8. The Kier molecular flexibility index (Phi) is 7.56. The summed E-state index contributed by atoms with van der Waals surface area (Å²) in [4.78, 5) is 39.2. The second-order valence-corrected chi connectivity index (χ2v) is 7.26. The van der Waals surface area contributed by atoms with Crippen molar-refractivity contribution >= 4 is 34.9 Å². The molecule has 0 saturated heterocycles. The topological polar surface area (TPSA) is 109 Å². The SMILES string of the molecule is O=C(CCCCCn1c(=S)[nH]c2ccccc2c1=O)NCC(=O)NCc1ccco1. The Morgan fingerprint density at radius 3 is 2.67 bits per heavy atom. The molecular weight excluding hydrogens is 404 g/mol. The van der Waals surface area contributed by atoms with E-state index < -0.39 is 0 Å². The molecule has 3 rings (SSSR count). The van der Waals surface area contributed by atoms with E-state index in [0.717, 1.165) is 18.4 Å².